The maximum absolute atomic E-state index is 14.0. The Hall–Kier alpha value is -0.500. The first-order chi connectivity index (χ1) is 9.74. The van der Waals surface area contributed by atoms with Gasteiger partial charge in [0.15, 0.2) is 5.96 Å². The molecule has 1 saturated carbocycles. The summed E-state index contributed by atoms with van der Waals surface area (Å²) in [5, 5.41) is 0. The Balaban J connectivity index is 0.00000161. The molecule has 0 unspecified atom stereocenters. The minimum Gasteiger partial charge on any atom is -0.370 e. The van der Waals surface area contributed by atoms with Crippen LogP contribution in [0.5, 0.6) is 0 Å². The molecule has 1 heterocycles. The lowest BCUT2D eigenvalue weighted by molar-refractivity contribution is 0.455. The predicted octanol–water partition coefficient (Wildman–Crippen LogP) is 3.18. The van der Waals surface area contributed by atoms with E-state index in [0.717, 1.165) is 30.2 Å². The minimum atomic E-state index is -0.153. The number of aliphatic imine (C=N–C) groups is 1. The lowest BCUT2D eigenvalue weighted by Crippen LogP contribution is -2.42. The quantitative estimate of drug-likeness (QED) is 0.463. The summed E-state index contributed by atoms with van der Waals surface area (Å²) in [6.07, 6.45) is 2.38. The van der Waals surface area contributed by atoms with Gasteiger partial charge in [-0.2, -0.15) is 11.8 Å². The maximum atomic E-state index is 14.0. The molecule has 0 radical (unpaired) electrons. The molecule has 0 amide bonds. The minimum absolute atomic E-state index is 0. The van der Waals surface area contributed by atoms with E-state index in [0.29, 0.717) is 24.0 Å². The Morgan fingerprint density at radius 2 is 2.05 bits per heavy atom. The van der Waals surface area contributed by atoms with Gasteiger partial charge in [0.25, 0.3) is 0 Å². The molecule has 6 heteroatoms. The molecule has 3 nitrogen and oxygen atoms in total. The van der Waals surface area contributed by atoms with E-state index in [-0.39, 0.29) is 29.8 Å². The van der Waals surface area contributed by atoms with Crippen molar-refractivity contribution in [1.29, 1.82) is 0 Å². The van der Waals surface area contributed by atoms with Crippen molar-refractivity contribution in [2.24, 2.45) is 10.7 Å². The van der Waals surface area contributed by atoms with Gasteiger partial charge < -0.3 is 10.6 Å². The Morgan fingerprint density at radius 1 is 1.33 bits per heavy atom. The molecule has 0 bridgehead atoms. The van der Waals surface area contributed by atoms with Gasteiger partial charge in [-0.1, -0.05) is 12.1 Å². The Bertz CT molecular complexity index is 514. The highest BCUT2D eigenvalue weighted by molar-refractivity contribution is 14.0. The molecule has 1 aliphatic heterocycles. The second-order valence-electron chi connectivity index (χ2n) is 5.40. The van der Waals surface area contributed by atoms with E-state index in [1.807, 2.05) is 23.9 Å². The summed E-state index contributed by atoms with van der Waals surface area (Å²) in [4.78, 5) is 6.42. The van der Waals surface area contributed by atoms with Gasteiger partial charge in [0.1, 0.15) is 5.82 Å². The molecule has 2 fully saturated rings. The first kappa shape index (κ1) is 16.9. The summed E-state index contributed by atoms with van der Waals surface area (Å²) < 4.78 is 14.0. The van der Waals surface area contributed by atoms with Gasteiger partial charge in [0, 0.05) is 30.2 Å². The summed E-state index contributed by atoms with van der Waals surface area (Å²) >= 11 is 1.93. The van der Waals surface area contributed by atoms with Crippen molar-refractivity contribution < 1.29 is 4.39 Å². The zero-order valence-electron chi connectivity index (χ0n) is 11.9. The van der Waals surface area contributed by atoms with Gasteiger partial charge in [-0.3, -0.25) is 0 Å². The zero-order valence-corrected chi connectivity index (χ0v) is 15.1. The number of halogens is 2. The molecule has 2 aliphatic rings. The highest BCUT2D eigenvalue weighted by Crippen LogP contribution is 2.40. The van der Waals surface area contributed by atoms with Crippen molar-refractivity contribution in [3.8, 4) is 0 Å². The Kier molecular flexibility index (Phi) is 6.16. The first-order valence-electron chi connectivity index (χ1n) is 7.15. The third-order valence-electron chi connectivity index (χ3n) is 3.87. The third-order valence-corrected chi connectivity index (χ3v) is 4.81. The first-order valence-corrected chi connectivity index (χ1v) is 8.30. The van der Waals surface area contributed by atoms with Crippen molar-refractivity contribution >= 4 is 41.7 Å². The second-order valence-corrected chi connectivity index (χ2v) is 6.62. The standard InChI is InChI=1S/C15H20FN3S.HI/c16-14-9-12(11-1-2-11)3-4-13(14)10-18-15(17)19-5-7-20-8-6-19;/h3-4,9,11H,1-2,5-8,10H2,(H2,17,18);1H. The molecule has 2 N–H and O–H groups in total. The molecule has 1 aromatic rings. The van der Waals surface area contributed by atoms with Crippen LogP contribution in [0.3, 0.4) is 0 Å². The molecule has 116 valence electrons. The molecule has 1 aromatic carbocycles. The van der Waals surface area contributed by atoms with Crippen LogP contribution in [0.25, 0.3) is 0 Å². The number of guanidine groups is 1. The van der Waals surface area contributed by atoms with E-state index in [1.54, 1.807) is 6.07 Å². The van der Waals surface area contributed by atoms with Crippen LogP contribution in [0, 0.1) is 5.82 Å². The van der Waals surface area contributed by atoms with Crippen LogP contribution in [-0.4, -0.2) is 35.5 Å². The van der Waals surface area contributed by atoms with Gasteiger partial charge in [-0.15, -0.1) is 24.0 Å². The molecule has 0 spiro atoms. The molecule has 1 saturated heterocycles. The van der Waals surface area contributed by atoms with Gasteiger partial charge in [0.05, 0.1) is 6.54 Å². The van der Waals surface area contributed by atoms with Gasteiger partial charge in [-0.05, 0) is 30.4 Å². The predicted molar refractivity (Wildman–Crippen MR) is 98.0 cm³/mol. The number of nitrogens with two attached hydrogens (primary N) is 1. The van der Waals surface area contributed by atoms with E-state index in [1.165, 1.54) is 12.8 Å². The van der Waals surface area contributed by atoms with Crippen LogP contribution in [0.15, 0.2) is 23.2 Å². The van der Waals surface area contributed by atoms with Crippen LogP contribution < -0.4 is 5.73 Å². The summed E-state index contributed by atoms with van der Waals surface area (Å²) in [5.41, 5.74) is 7.73. The smallest absolute Gasteiger partial charge is 0.191 e. The van der Waals surface area contributed by atoms with Gasteiger partial charge >= 0.3 is 0 Å². The van der Waals surface area contributed by atoms with E-state index in [9.17, 15) is 4.39 Å². The van der Waals surface area contributed by atoms with Crippen molar-refractivity contribution in [2.75, 3.05) is 24.6 Å². The number of thioether (sulfide) groups is 1. The third kappa shape index (κ3) is 4.48. The molecular formula is C15H21FIN3S. The van der Waals surface area contributed by atoms with Crippen LogP contribution in [0.2, 0.25) is 0 Å². The highest BCUT2D eigenvalue weighted by atomic mass is 127. The van der Waals surface area contributed by atoms with E-state index in [2.05, 4.69) is 9.89 Å². The van der Waals surface area contributed by atoms with Crippen molar-refractivity contribution in [2.45, 2.75) is 25.3 Å². The maximum Gasteiger partial charge on any atom is 0.191 e. The topological polar surface area (TPSA) is 41.6 Å². The summed E-state index contributed by atoms with van der Waals surface area (Å²) in [6, 6.07) is 5.54. The number of rotatable bonds is 3. The molecule has 1 aliphatic carbocycles. The van der Waals surface area contributed by atoms with E-state index in [4.69, 9.17) is 5.73 Å². The fourth-order valence-corrected chi connectivity index (χ4v) is 3.32. The number of benzene rings is 1. The number of hydrogen-bond donors (Lipinski definition) is 1. The monoisotopic (exact) mass is 421 g/mol. The Labute approximate surface area is 146 Å². The van der Waals surface area contributed by atoms with Crippen molar-refractivity contribution in [1.82, 2.24) is 4.90 Å². The average Bonchev–Trinajstić information content (AvgIpc) is 3.31. The fourth-order valence-electron chi connectivity index (χ4n) is 2.42. The molecule has 0 atom stereocenters. The zero-order chi connectivity index (χ0) is 13.9. The summed E-state index contributed by atoms with van der Waals surface area (Å²) in [5.74, 6) is 3.13. The molecule has 0 aromatic heterocycles. The summed E-state index contributed by atoms with van der Waals surface area (Å²) in [6.45, 7) is 2.19. The Morgan fingerprint density at radius 3 is 2.67 bits per heavy atom. The normalized spacial score (nSPS) is 19.3. The van der Waals surface area contributed by atoms with Crippen molar-refractivity contribution in [3.05, 3.63) is 35.1 Å². The van der Waals surface area contributed by atoms with Crippen LogP contribution in [-0.2, 0) is 6.54 Å². The van der Waals surface area contributed by atoms with Crippen molar-refractivity contribution in [3.63, 3.8) is 0 Å². The molecule has 3 rings (SSSR count). The van der Waals surface area contributed by atoms with Crippen LogP contribution >= 0.6 is 35.7 Å². The summed E-state index contributed by atoms with van der Waals surface area (Å²) in [7, 11) is 0. The fraction of sp³-hybridized carbons (Fsp3) is 0.533. The van der Waals surface area contributed by atoms with Gasteiger partial charge in [-0.25, -0.2) is 9.38 Å². The largest absolute Gasteiger partial charge is 0.370 e. The number of nitrogens with zero attached hydrogens (tertiary/aromatic N) is 2. The second kappa shape index (κ2) is 7.67. The molecular weight excluding hydrogens is 400 g/mol. The van der Waals surface area contributed by atoms with Gasteiger partial charge in [0.2, 0.25) is 0 Å². The SMILES string of the molecule is I.NC(=NCc1ccc(C2CC2)cc1F)N1CCSCC1. The van der Waals surface area contributed by atoms with E-state index < -0.39 is 0 Å². The average molecular weight is 421 g/mol. The number of hydrogen-bond acceptors (Lipinski definition) is 2. The van der Waals surface area contributed by atoms with Crippen LogP contribution in [0.1, 0.15) is 29.9 Å². The van der Waals surface area contributed by atoms with Crippen LogP contribution in [0.4, 0.5) is 4.39 Å². The lowest BCUT2D eigenvalue weighted by Gasteiger charge is -2.27. The lowest BCUT2D eigenvalue weighted by atomic mass is 10.1. The molecule has 21 heavy (non-hydrogen) atoms. The van der Waals surface area contributed by atoms with E-state index >= 15 is 0 Å². The highest BCUT2D eigenvalue weighted by Gasteiger charge is 2.24.